The van der Waals surface area contributed by atoms with E-state index in [1.54, 1.807) is 17.1 Å². The van der Waals surface area contributed by atoms with Crippen LogP contribution in [-0.2, 0) is 19.0 Å². The van der Waals surface area contributed by atoms with Crippen LogP contribution >= 0.6 is 11.6 Å². The summed E-state index contributed by atoms with van der Waals surface area (Å²) in [5.74, 6) is -1.84. The summed E-state index contributed by atoms with van der Waals surface area (Å²) in [6, 6.07) is 2.34. The lowest BCUT2D eigenvalue weighted by Gasteiger charge is -2.08. The molecular formula is C13H13ClF2N2O. The van der Waals surface area contributed by atoms with Gasteiger partial charge < -0.3 is 4.74 Å². The lowest BCUT2D eigenvalue weighted by Crippen LogP contribution is -2.00. The van der Waals surface area contributed by atoms with Crippen molar-refractivity contribution in [2.24, 2.45) is 0 Å². The van der Waals surface area contributed by atoms with Gasteiger partial charge in [0.2, 0.25) is 0 Å². The zero-order chi connectivity index (χ0) is 13.8. The molecule has 2 rings (SSSR count). The molecule has 6 heteroatoms. The molecule has 0 saturated carbocycles. The van der Waals surface area contributed by atoms with Crippen LogP contribution in [0.2, 0.25) is 0 Å². The maximum Gasteiger partial charge on any atom is 0.191 e. The number of alkyl halides is 1. The standard InChI is InChI=1S/C13H13ClF2N2O/c1-2-18-7-10(6-17-18)8-19-13-11(15)3-9(5-14)4-12(13)16/h3-4,6-7H,2,5,8H2,1H3. The van der Waals surface area contributed by atoms with Crippen molar-refractivity contribution in [3.8, 4) is 5.75 Å². The highest BCUT2D eigenvalue weighted by atomic mass is 35.5. The maximum absolute atomic E-state index is 13.6. The van der Waals surface area contributed by atoms with Crippen LogP contribution in [0.25, 0.3) is 0 Å². The summed E-state index contributed by atoms with van der Waals surface area (Å²) in [5.41, 5.74) is 1.13. The third-order valence-electron chi connectivity index (χ3n) is 2.61. The van der Waals surface area contributed by atoms with Crippen LogP contribution < -0.4 is 4.74 Å². The molecule has 1 aromatic carbocycles. The fraction of sp³-hybridized carbons (Fsp3) is 0.308. The lowest BCUT2D eigenvalue weighted by atomic mass is 10.2. The van der Waals surface area contributed by atoms with E-state index in [2.05, 4.69) is 5.10 Å². The largest absolute Gasteiger partial charge is 0.483 e. The van der Waals surface area contributed by atoms with Crippen molar-refractivity contribution in [2.75, 3.05) is 0 Å². The minimum Gasteiger partial charge on any atom is -0.483 e. The highest BCUT2D eigenvalue weighted by molar-refractivity contribution is 6.17. The number of ether oxygens (including phenoxy) is 1. The smallest absolute Gasteiger partial charge is 0.191 e. The van der Waals surface area contributed by atoms with E-state index in [-0.39, 0.29) is 12.5 Å². The van der Waals surface area contributed by atoms with Gasteiger partial charge in [0.15, 0.2) is 17.4 Å². The zero-order valence-electron chi connectivity index (χ0n) is 10.4. The van der Waals surface area contributed by atoms with Crippen LogP contribution in [0.3, 0.4) is 0 Å². The second-order valence-electron chi connectivity index (χ2n) is 4.02. The molecule has 102 valence electrons. The lowest BCUT2D eigenvalue weighted by molar-refractivity contribution is 0.274. The van der Waals surface area contributed by atoms with Crippen molar-refractivity contribution in [1.82, 2.24) is 9.78 Å². The van der Waals surface area contributed by atoms with Crippen LogP contribution in [-0.4, -0.2) is 9.78 Å². The van der Waals surface area contributed by atoms with Gasteiger partial charge in [0, 0.05) is 24.2 Å². The van der Waals surface area contributed by atoms with Crippen molar-refractivity contribution in [2.45, 2.75) is 26.0 Å². The molecule has 0 spiro atoms. The Balaban J connectivity index is 2.11. The third kappa shape index (κ3) is 3.23. The molecule has 0 N–H and O–H groups in total. The number of nitrogens with zero attached hydrogens (tertiary/aromatic N) is 2. The number of benzene rings is 1. The molecule has 0 aliphatic carbocycles. The van der Waals surface area contributed by atoms with Gasteiger partial charge in [-0.05, 0) is 24.6 Å². The van der Waals surface area contributed by atoms with Crippen LogP contribution in [0.5, 0.6) is 5.75 Å². The Bertz CT molecular complexity index is 549. The van der Waals surface area contributed by atoms with Crippen molar-refractivity contribution in [3.63, 3.8) is 0 Å². The molecule has 0 aliphatic rings. The summed E-state index contributed by atoms with van der Waals surface area (Å²) in [7, 11) is 0. The predicted molar refractivity (Wildman–Crippen MR) is 68.1 cm³/mol. The third-order valence-corrected chi connectivity index (χ3v) is 2.91. The van der Waals surface area contributed by atoms with Gasteiger partial charge in [-0.2, -0.15) is 5.10 Å². The minimum atomic E-state index is -0.751. The van der Waals surface area contributed by atoms with Crippen molar-refractivity contribution >= 4 is 11.6 Å². The first kappa shape index (κ1) is 13.8. The fourth-order valence-corrected chi connectivity index (χ4v) is 1.79. The number of aromatic nitrogens is 2. The van der Waals surface area contributed by atoms with Gasteiger partial charge >= 0.3 is 0 Å². The molecule has 2 aromatic rings. The molecule has 1 heterocycles. The molecule has 0 radical (unpaired) electrons. The Hall–Kier alpha value is -1.62. The number of aryl methyl sites for hydroxylation is 1. The van der Waals surface area contributed by atoms with Gasteiger partial charge in [-0.1, -0.05) is 0 Å². The Morgan fingerprint density at radius 2 is 1.95 bits per heavy atom. The van der Waals surface area contributed by atoms with Crippen molar-refractivity contribution in [1.29, 1.82) is 0 Å². The molecule has 19 heavy (non-hydrogen) atoms. The molecule has 0 atom stereocenters. The molecule has 1 aromatic heterocycles. The van der Waals surface area contributed by atoms with Crippen molar-refractivity contribution in [3.05, 3.63) is 47.3 Å². The van der Waals surface area contributed by atoms with E-state index in [4.69, 9.17) is 16.3 Å². The van der Waals surface area contributed by atoms with Crippen LogP contribution in [0.15, 0.2) is 24.5 Å². The molecule has 0 fully saturated rings. The Kier molecular flexibility index (Phi) is 4.37. The molecule has 0 aliphatic heterocycles. The van der Waals surface area contributed by atoms with Crippen LogP contribution in [0.1, 0.15) is 18.1 Å². The van der Waals surface area contributed by atoms with Gasteiger partial charge in [-0.15, -0.1) is 11.6 Å². The second-order valence-corrected chi connectivity index (χ2v) is 4.28. The number of hydrogen-bond acceptors (Lipinski definition) is 2. The minimum absolute atomic E-state index is 0.0530. The Morgan fingerprint density at radius 3 is 2.47 bits per heavy atom. The van der Waals surface area contributed by atoms with E-state index in [1.807, 2.05) is 6.92 Å². The first-order valence-corrected chi connectivity index (χ1v) is 6.35. The summed E-state index contributed by atoms with van der Waals surface area (Å²) >= 11 is 5.53. The molecule has 0 unspecified atom stereocenters. The second kappa shape index (κ2) is 6.02. The van der Waals surface area contributed by atoms with Crippen LogP contribution in [0, 0.1) is 11.6 Å². The summed E-state index contributed by atoms with van der Waals surface area (Å²) < 4.78 is 34.1. The SMILES string of the molecule is CCn1cc(COc2c(F)cc(CCl)cc2F)cn1. The molecule has 3 nitrogen and oxygen atoms in total. The first-order valence-electron chi connectivity index (χ1n) is 5.82. The fourth-order valence-electron chi connectivity index (χ4n) is 1.64. The van der Waals surface area contributed by atoms with E-state index < -0.39 is 17.4 Å². The molecule has 0 bridgehead atoms. The predicted octanol–water partition coefficient (Wildman–Crippen LogP) is 3.50. The van der Waals surface area contributed by atoms with E-state index in [0.29, 0.717) is 5.56 Å². The first-order chi connectivity index (χ1) is 9.13. The maximum atomic E-state index is 13.6. The Labute approximate surface area is 114 Å². The van der Waals surface area contributed by atoms with Gasteiger partial charge in [-0.25, -0.2) is 8.78 Å². The monoisotopic (exact) mass is 286 g/mol. The van der Waals surface area contributed by atoms with E-state index >= 15 is 0 Å². The van der Waals surface area contributed by atoms with Crippen molar-refractivity contribution < 1.29 is 13.5 Å². The summed E-state index contributed by atoms with van der Waals surface area (Å²) in [4.78, 5) is 0. The summed E-state index contributed by atoms with van der Waals surface area (Å²) in [5, 5.41) is 4.05. The van der Waals surface area contributed by atoms with Gasteiger partial charge in [0.25, 0.3) is 0 Å². The topological polar surface area (TPSA) is 27.1 Å². The highest BCUT2D eigenvalue weighted by Gasteiger charge is 2.13. The van der Waals surface area contributed by atoms with Crippen LogP contribution in [0.4, 0.5) is 8.78 Å². The summed E-state index contributed by atoms with van der Waals surface area (Å²) in [6.45, 7) is 2.74. The van der Waals surface area contributed by atoms with Gasteiger partial charge in [0.05, 0.1) is 6.20 Å². The molecular weight excluding hydrogens is 274 g/mol. The molecule has 0 amide bonds. The Morgan fingerprint density at radius 1 is 1.26 bits per heavy atom. The van der Waals surface area contributed by atoms with E-state index in [1.165, 1.54) is 12.1 Å². The zero-order valence-corrected chi connectivity index (χ0v) is 11.1. The number of rotatable bonds is 5. The van der Waals surface area contributed by atoms with Gasteiger partial charge in [0.1, 0.15) is 6.61 Å². The van der Waals surface area contributed by atoms with E-state index in [0.717, 1.165) is 12.1 Å². The summed E-state index contributed by atoms with van der Waals surface area (Å²) in [6.07, 6.45) is 3.37. The van der Waals surface area contributed by atoms with E-state index in [9.17, 15) is 8.78 Å². The quantitative estimate of drug-likeness (QED) is 0.787. The number of halogens is 3. The average molecular weight is 287 g/mol. The highest BCUT2D eigenvalue weighted by Crippen LogP contribution is 2.25. The normalized spacial score (nSPS) is 10.7. The van der Waals surface area contributed by atoms with Gasteiger partial charge in [-0.3, -0.25) is 4.68 Å². The average Bonchev–Trinajstić information content (AvgIpc) is 2.85. The number of hydrogen-bond donors (Lipinski definition) is 0. The molecule has 0 saturated heterocycles.